The van der Waals surface area contributed by atoms with Gasteiger partial charge in [-0.3, -0.25) is 4.98 Å². The number of aryl methyl sites for hydroxylation is 1. The van der Waals surface area contributed by atoms with Crippen LogP contribution in [0, 0.1) is 0 Å². The van der Waals surface area contributed by atoms with Crippen molar-refractivity contribution >= 4 is 0 Å². The summed E-state index contributed by atoms with van der Waals surface area (Å²) in [6, 6.07) is 24.4. The molecule has 4 rings (SSSR count). The van der Waals surface area contributed by atoms with Gasteiger partial charge in [0.1, 0.15) is 0 Å². The fourth-order valence-electron chi connectivity index (χ4n) is 3.44. The molecule has 4 heteroatoms. The molecule has 0 saturated carbocycles. The zero-order chi connectivity index (χ0) is 19.2. The van der Waals surface area contributed by atoms with Gasteiger partial charge in [0.25, 0.3) is 0 Å². The van der Waals surface area contributed by atoms with E-state index in [2.05, 4.69) is 50.9 Å². The van der Waals surface area contributed by atoms with Crippen molar-refractivity contribution in [2.75, 3.05) is 0 Å². The molecule has 2 aromatic heterocycles. The van der Waals surface area contributed by atoms with Gasteiger partial charge in [0, 0.05) is 29.2 Å². The van der Waals surface area contributed by atoms with Crippen molar-refractivity contribution in [2.24, 2.45) is 0 Å². The number of pyridine rings is 1. The first-order chi connectivity index (χ1) is 13.8. The van der Waals surface area contributed by atoms with Crippen molar-refractivity contribution < 1.29 is 5.11 Å². The quantitative estimate of drug-likeness (QED) is 0.523. The molecule has 0 aliphatic rings. The Morgan fingerprint density at radius 1 is 0.857 bits per heavy atom. The van der Waals surface area contributed by atoms with E-state index in [9.17, 15) is 5.11 Å². The Balaban J connectivity index is 1.63. The van der Waals surface area contributed by atoms with Crippen molar-refractivity contribution in [1.82, 2.24) is 14.5 Å². The number of nitrogens with zero attached hydrogens (tertiary/aromatic N) is 3. The molecule has 0 fully saturated rings. The molecule has 28 heavy (non-hydrogen) atoms. The maximum absolute atomic E-state index is 10.7. The molecule has 0 aliphatic carbocycles. The smallest absolute Gasteiger partial charge is 0.0984 e. The van der Waals surface area contributed by atoms with Crippen molar-refractivity contribution in [3.63, 3.8) is 0 Å². The topological polar surface area (TPSA) is 50.9 Å². The molecule has 2 aromatic carbocycles. The summed E-state index contributed by atoms with van der Waals surface area (Å²) in [6.07, 6.45) is 6.42. The Morgan fingerprint density at radius 3 is 2.32 bits per heavy atom. The minimum absolute atomic E-state index is 0.454. The van der Waals surface area contributed by atoms with E-state index in [1.165, 1.54) is 5.56 Å². The number of hydrogen-bond donors (Lipinski definition) is 1. The van der Waals surface area contributed by atoms with Gasteiger partial charge >= 0.3 is 0 Å². The fourth-order valence-corrected chi connectivity index (χ4v) is 3.44. The Labute approximate surface area is 165 Å². The molecule has 0 amide bonds. The van der Waals surface area contributed by atoms with E-state index >= 15 is 0 Å². The molecule has 1 unspecified atom stereocenters. The van der Waals surface area contributed by atoms with Crippen LogP contribution in [0.5, 0.6) is 0 Å². The summed E-state index contributed by atoms with van der Waals surface area (Å²) in [5.74, 6) is 0. The van der Waals surface area contributed by atoms with Crippen molar-refractivity contribution in [3.05, 3.63) is 108 Å². The number of imidazole rings is 1. The first-order valence-electron chi connectivity index (χ1n) is 9.52. The number of hydrogen-bond acceptors (Lipinski definition) is 3. The van der Waals surface area contributed by atoms with Gasteiger partial charge in [0.05, 0.1) is 24.7 Å². The van der Waals surface area contributed by atoms with Crippen LogP contribution in [0.15, 0.2) is 91.5 Å². The first-order valence-corrected chi connectivity index (χ1v) is 9.52. The lowest BCUT2D eigenvalue weighted by Crippen LogP contribution is -2.12. The van der Waals surface area contributed by atoms with E-state index in [1.807, 2.05) is 42.7 Å². The Kier molecular flexibility index (Phi) is 5.59. The summed E-state index contributed by atoms with van der Waals surface area (Å²) in [5.41, 5.74) is 5.32. The van der Waals surface area contributed by atoms with Crippen LogP contribution < -0.4 is 0 Å². The van der Waals surface area contributed by atoms with Gasteiger partial charge in [-0.2, -0.15) is 0 Å². The lowest BCUT2D eigenvalue weighted by atomic mass is 10.0. The summed E-state index contributed by atoms with van der Waals surface area (Å²) in [4.78, 5) is 8.80. The zero-order valence-electron chi connectivity index (χ0n) is 15.6. The molecule has 0 spiro atoms. The second-order valence-corrected chi connectivity index (χ2v) is 6.85. The van der Waals surface area contributed by atoms with Gasteiger partial charge in [-0.25, -0.2) is 4.98 Å². The van der Waals surface area contributed by atoms with Gasteiger partial charge in [-0.15, -0.1) is 0 Å². The number of aliphatic hydroxyl groups is 1. The van der Waals surface area contributed by atoms with Gasteiger partial charge < -0.3 is 9.67 Å². The van der Waals surface area contributed by atoms with Gasteiger partial charge in [0.15, 0.2) is 0 Å². The van der Waals surface area contributed by atoms with Crippen LogP contribution in [0.2, 0.25) is 0 Å². The van der Waals surface area contributed by atoms with Crippen LogP contribution in [0.25, 0.3) is 11.3 Å². The SMILES string of the molecule is OC(Cn1cnc(-c2ccccc2)c1CCc1ccccc1)c1cccnc1. The highest BCUT2D eigenvalue weighted by atomic mass is 16.3. The third-order valence-corrected chi connectivity index (χ3v) is 4.93. The minimum Gasteiger partial charge on any atom is -0.386 e. The second-order valence-electron chi connectivity index (χ2n) is 6.85. The van der Waals surface area contributed by atoms with Crippen molar-refractivity contribution in [2.45, 2.75) is 25.5 Å². The molecule has 1 atom stereocenters. The molecule has 2 heterocycles. The van der Waals surface area contributed by atoms with E-state index in [4.69, 9.17) is 0 Å². The third kappa shape index (κ3) is 4.18. The summed E-state index contributed by atoms with van der Waals surface area (Å²) < 4.78 is 2.07. The van der Waals surface area contributed by atoms with Crippen LogP contribution in [-0.2, 0) is 19.4 Å². The highest BCUT2D eigenvalue weighted by Crippen LogP contribution is 2.25. The molecular formula is C24H23N3O. The highest BCUT2D eigenvalue weighted by Gasteiger charge is 2.16. The maximum Gasteiger partial charge on any atom is 0.0984 e. The van der Waals surface area contributed by atoms with Gasteiger partial charge in [-0.1, -0.05) is 66.7 Å². The molecular weight excluding hydrogens is 346 g/mol. The summed E-state index contributed by atoms with van der Waals surface area (Å²) in [6.45, 7) is 0.454. The average Bonchev–Trinajstić information content (AvgIpc) is 3.16. The zero-order valence-corrected chi connectivity index (χ0v) is 15.6. The molecule has 0 bridgehead atoms. The summed E-state index contributed by atoms with van der Waals surface area (Å²) >= 11 is 0. The number of benzene rings is 2. The average molecular weight is 369 g/mol. The van der Waals surface area contributed by atoms with Crippen LogP contribution >= 0.6 is 0 Å². The normalized spacial score (nSPS) is 12.0. The van der Waals surface area contributed by atoms with Crippen molar-refractivity contribution in [1.29, 1.82) is 0 Å². The molecule has 0 aliphatic heterocycles. The molecule has 4 aromatic rings. The Bertz CT molecular complexity index is 998. The molecule has 4 nitrogen and oxygen atoms in total. The Hall–Kier alpha value is -3.24. The highest BCUT2D eigenvalue weighted by molar-refractivity contribution is 5.62. The van der Waals surface area contributed by atoms with Gasteiger partial charge in [0.2, 0.25) is 0 Å². The van der Waals surface area contributed by atoms with E-state index in [-0.39, 0.29) is 0 Å². The largest absolute Gasteiger partial charge is 0.386 e. The lowest BCUT2D eigenvalue weighted by molar-refractivity contribution is 0.155. The van der Waals surface area contributed by atoms with E-state index in [0.29, 0.717) is 6.54 Å². The summed E-state index contributed by atoms with van der Waals surface area (Å²) in [7, 11) is 0. The minimum atomic E-state index is -0.623. The van der Waals surface area contributed by atoms with E-state index in [1.54, 1.807) is 12.4 Å². The van der Waals surface area contributed by atoms with E-state index in [0.717, 1.165) is 35.4 Å². The maximum atomic E-state index is 10.7. The van der Waals surface area contributed by atoms with Crippen LogP contribution in [0.4, 0.5) is 0 Å². The monoisotopic (exact) mass is 369 g/mol. The lowest BCUT2D eigenvalue weighted by Gasteiger charge is -2.15. The van der Waals surface area contributed by atoms with Gasteiger partial charge in [-0.05, 0) is 24.5 Å². The van der Waals surface area contributed by atoms with Crippen molar-refractivity contribution in [3.8, 4) is 11.3 Å². The Morgan fingerprint density at radius 2 is 1.61 bits per heavy atom. The number of aromatic nitrogens is 3. The fraction of sp³-hybridized carbons (Fsp3) is 0.167. The van der Waals surface area contributed by atoms with Crippen LogP contribution in [0.1, 0.15) is 22.9 Å². The van der Waals surface area contributed by atoms with Crippen LogP contribution in [0.3, 0.4) is 0 Å². The molecule has 140 valence electrons. The summed E-state index contributed by atoms with van der Waals surface area (Å²) in [5, 5.41) is 10.7. The molecule has 0 radical (unpaired) electrons. The predicted molar refractivity (Wildman–Crippen MR) is 111 cm³/mol. The standard InChI is InChI=1S/C24H23N3O/c28-23(21-12-7-15-25-16-21)17-27-18-26-24(20-10-5-2-6-11-20)22(27)14-13-19-8-3-1-4-9-19/h1-12,15-16,18,23,28H,13-14,17H2. The molecule has 1 N–H and O–H groups in total. The second kappa shape index (κ2) is 8.63. The van der Waals surface area contributed by atoms with Crippen LogP contribution in [-0.4, -0.2) is 19.6 Å². The number of aliphatic hydroxyl groups excluding tert-OH is 1. The number of rotatable bonds is 7. The third-order valence-electron chi connectivity index (χ3n) is 4.93. The molecule has 0 saturated heterocycles. The predicted octanol–water partition coefficient (Wildman–Crippen LogP) is 4.46. The first kappa shape index (κ1) is 18.1. The van der Waals surface area contributed by atoms with E-state index < -0.39 is 6.10 Å².